The van der Waals surface area contributed by atoms with E-state index < -0.39 is 6.43 Å². The number of nitrogens with one attached hydrogen (secondary N) is 1. The van der Waals surface area contributed by atoms with Crippen molar-refractivity contribution in [3.8, 4) is 0 Å². The first-order valence-corrected chi connectivity index (χ1v) is 7.10. The molecule has 2 aromatic heterocycles. The van der Waals surface area contributed by atoms with Gasteiger partial charge in [0, 0.05) is 11.8 Å². The molecule has 3 rings (SSSR count). The minimum absolute atomic E-state index is 0.0556. The van der Waals surface area contributed by atoms with Crippen LogP contribution in [0.1, 0.15) is 36.3 Å². The van der Waals surface area contributed by atoms with E-state index in [1.807, 2.05) is 12.1 Å². The van der Waals surface area contributed by atoms with E-state index >= 15 is 0 Å². The summed E-state index contributed by atoms with van der Waals surface area (Å²) in [4.78, 5) is 8.33. The molecule has 1 saturated carbocycles. The standard InChI is InChI=1S/C14H12BrF2N3/c15-11-5-10(8-1-2-8)7-13(19-11)20-12-6-9(14(16)17)3-4-18-12/h3-8,14H,1-2H2,(H,18,19,20). The molecule has 0 unspecified atom stereocenters. The molecule has 1 fully saturated rings. The number of hydrogen-bond donors (Lipinski definition) is 1. The second-order valence-corrected chi connectivity index (χ2v) is 5.60. The Hall–Kier alpha value is -1.56. The fourth-order valence-electron chi connectivity index (χ4n) is 2.02. The first kappa shape index (κ1) is 13.4. The van der Waals surface area contributed by atoms with E-state index in [0.717, 1.165) is 4.60 Å². The summed E-state index contributed by atoms with van der Waals surface area (Å²) in [6.07, 6.45) is 1.24. The Bertz CT molecular complexity index is 630. The Morgan fingerprint density at radius 1 is 1.20 bits per heavy atom. The largest absolute Gasteiger partial charge is 0.325 e. The van der Waals surface area contributed by atoms with Gasteiger partial charge in [0.15, 0.2) is 0 Å². The molecule has 0 saturated heterocycles. The van der Waals surface area contributed by atoms with Crippen LogP contribution < -0.4 is 5.32 Å². The number of anilines is 2. The summed E-state index contributed by atoms with van der Waals surface area (Å²) in [7, 11) is 0. The molecule has 6 heteroatoms. The molecule has 0 atom stereocenters. The van der Waals surface area contributed by atoms with E-state index in [1.165, 1.54) is 36.7 Å². The van der Waals surface area contributed by atoms with E-state index in [0.29, 0.717) is 17.6 Å². The molecule has 0 aliphatic heterocycles. The Kier molecular flexibility index (Phi) is 3.65. The monoisotopic (exact) mass is 339 g/mol. The summed E-state index contributed by atoms with van der Waals surface area (Å²) in [6, 6.07) is 6.58. The van der Waals surface area contributed by atoms with Gasteiger partial charge < -0.3 is 5.32 Å². The number of halogens is 3. The van der Waals surface area contributed by atoms with E-state index in [1.54, 1.807) is 0 Å². The highest BCUT2D eigenvalue weighted by Gasteiger charge is 2.24. The normalized spacial score (nSPS) is 14.6. The highest BCUT2D eigenvalue weighted by molar-refractivity contribution is 9.10. The van der Waals surface area contributed by atoms with Crippen LogP contribution in [-0.2, 0) is 0 Å². The van der Waals surface area contributed by atoms with Gasteiger partial charge in [-0.15, -0.1) is 0 Å². The first-order valence-electron chi connectivity index (χ1n) is 6.30. The third kappa shape index (κ3) is 3.12. The van der Waals surface area contributed by atoms with Gasteiger partial charge in [0.2, 0.25) is 0 Å². The molecule has 0 spiro atoms. The summed E-state index contributed by atoms with van der Waals surface area (Å²) in [5.74, 6) is 1.57. The van der Waals surface area contributed by atoms with Crippen molar-refractivity contribution in [2.45, 2.75) is 25.2 Å². The third-order valence-corrected chi connectivity index (χ3v) is 3.56. The number of aromatic nitrogens is 2. The van der Waals surface area contributed by atoms with E-state index in [4.69, 9.17) is 0 Å². The number of pyridine rings is 2. The number of hydrogen-bond acceptors (Lipinski definition) is 3. The van der Waals surface area contributed by atoms with Crippen LogP contribution in [-0.4, -0.2) is 9.97 Å². The maximum atomic E-state index is 12.6. The van der Waals surface area contributed by atoms with Gasteiger partial charge in [-0.25, -0.2) is 18.7 Å². The van der Waals surface area contributed by atoms with Crippen LogP contribution in [0.3, 0.4) is 0 Å². The van der Waals surface area contributed by atoms with Crippen molar-refractivity contribution in [3.05, 3.63) is 46.2 Å². The summed E-state index contributed by atoms with van der Waals surface area (Å²) in [5.41, 5.74) is 1.15. The Morgan fingerprint density at radius 2 is 2.00 bits per heavy atom. The van der Waals surface area contributed by atoms with Gasteiger partial charge in [-0.2, -0.15) is 0 Å². The average molecular weight is 340 g/mol. The van der Waals surface area contributed by atoms with Crippen molar-refractivity contribution in [3.63, 3.8) is 0 Å². The molecule has 0 amide bonds. The van der Waals surface area contributed by atoms with Gasteiger partial charge >= 0.3 is 0 Å². The molecule has 104 valence electrons. The lowest BCUT2D eigenvalue weighted by Gasteiger charge is -2.08. The molecule has 0 radical (unpaired) electrons. The topological polar surface area (TPSA) is 37.8 Å². The van der Waals surface area contributed by atoms with Gasteiger partial charge in [-0.1, -0.05) is 0 Å². The molecule has 1 N–H and O–H groups in total. The minimum Gasteiger partial charge on any atom is -0.325 e. The summed E-state index contributed by atoms with van der Waals surface area (Å²) >= 11 is 3.37. The van der Waals surface area contributed by atoms with Crippen molar-refractivity contribution in [1.82, 2.24) is 9.97 Å². The van der Waals surface area contributed by atoms with E-state index in [-0.39, 0.29) is 5.56 Å². The van der Waals surface area contributed by atoms with Gasteiger partial charge in [0.1, 0.15) is 16.2 Å². The molecule has 0 bridgehead atoms. The molecule has 3 nitrogen and oxygen atoms in total. The zero-order valence-electron chi connectivity index (χ0n) is 10.5. The smallest absolute Gasteiger partial charge is 0.264 e. The zero-order valence-corrected chi connectivity index (χ0v) is 12.1. The lowest BCUT2D eigenvalue weighted by molar-refractivity contribution is 0.151. The van der Waals surface area contributed by atoms with Crippen LogP contribution in [0.25, 0.3) is 0 Å². The van der Waals surface area contributed by atoms with Gasteiger partial charge in [0.25, 0.3) is 6.43 Å². The van der Waals surface area contributed by atoms with Crippen molar-refractivity contribution < 1.29 is 8.78 Å². The lowest BCUT2D eigenvalue weighted by atomic mass is 10.2. The Balaban J connectivity index is 1.85. The predicted octanol–water partition coefficient (Wildman–Crippen LogP) is 4.80. The van der Waals surface area contributed by atoms with Crippen molar-refractivity contribution in [2.75, 3.05) is 5.32 Å². The van der Waals surface area contributed by atoms with E-state index in [2.05, 4.69) is 31.2 Å². The summed E-state index contributed by atoms with van der Waals surface area (Å²) in [5, 5.41) is 2.98. The molecule has 20 heavy (non-hydrogen) atoms. The Labute approximate surface area is 123 Å². The van der Waals surface area contributed by atoms with Crippen LogP contribution in [0.2, 0.25) is 0 Å². The molecule has 1 aliphatic rings. The SMILES string of the molecule is FC(F)c1ccnc(Nc2cc(C3CC3)cc(Br)n2)c1. The van der Waals surface area contributed by atoms with E-state index in [9.17, 15) is 8.78 Å². The lowest BCUT2D eigenvalue weighted by Crippen LogP contribution is -1.98. The number of rotatable bonds is 4. The maximum absolute atomic E-state index is 12.6. The fourth-order valence-corrected chi connectivity index (χ4v) is 2.47. The van der Waals surface area contributed by atoms with Crippen LogP contribution in [0.5, 0.6) is 0 Å². The van der Waals surface area contributed by atoms with Crippen molar-refractivity contribution in [1.29, 1.82) is 0 Å². The van der Waals surface area contributed by atoms with Gasteiger partial charge in [0.05, 0.1) is 0 Å². The zero-order chi connectivity index (χ0) is 14.1. The molecule has 0 aromatic carbocycles. The molecule has 1 aliphatic carbocycles. The quantitative estimate of drug-likeness (QED) is 0.813. The second-order valence-electron chi connectivity index (χ2n) is 4.78. The number of alkyl halides is 2. The number of nitrogens with zero attached hydrogens (tertiary/aromatic N) is 2. The second kappa shape index (κ2) is 5.44. The predicted molar refractivity (Wildman–Crippen MR) is 76.4 cm³/mol. The van der Waals surface area contributed by atoms with Crippen LogP contribution in [0.15, 0.2) is 35.1 Å². The summed E-state index contributed by atoms with van der Waals surface area (Å²) in [6.45, 7) is 0. The van der Waals surface area contributed by atoms with Crippen molar-refractivity contribution in [2.24, 2.45) is 0 Å². The Morgan fingerprint density at radius 3 is 2.70 bits per heavy atom. The molecular formula is C14H12BrF2N3. The highest BCUT2D eigenvalue weighted by Crippen LogP contribution is 2.41. The molecule has 2 aromatic rings. The third-order valence-electron chi connectivity index (χ3n) is 3.16. The average Bonchev–Trinajstić information content (AvgIpc) is 3.22. The van der Waals surface area contributed by atoms with Gasteiger partial charge in [-0.05, 0) is 64.5 Å². The van der Waals surface area contributed by atoms with Crippen molar-refractivity contribution >= 4 is 27.6 Å². The van der Waals surface area contributed by atoms with Crippen LogP contribution in [0, 0.1) is 0 Å². The minimum atomic E-state index is -2.50. The van der Waals surface area contributed by atoms with Gasteiger partial charge in [-0.3, -0.25) is 0 Å². The summed E-state index contributed by atoms with van der Waals surface area (Å²) < 4.78 is 26.0. The molecule has 2 heterocycles. The van der Waals surface area contributed by atoms with Crippen LogP contribution >= 0.6 is 15.9 Å². The maximum Gasteiger partial charge on any atom is 0.264 e. The fraction of sp³-hybridized carbons (Fsp3) is 0.286. The highest BCUT2D eigenvalue weighted by atomic mass is 79.9. The first-order chi connectivity index (χ1) is 9.61. The van der Waals surface area contributed by atoms with Crippen LogP contribution in [0.4, 0.5) is 20.4 Å². The molecular weight excluding hydrogens is 328 g/mol.